The van der Waals surface area contributed by atoms with Crippen LogP contribution in [0.2, 0.25) is 0 Å². The van der Waals surface area contributed by atoms with Gasteiger partial charge in [-0.2, -0.15) is 0 Å². The Morgan fingerprint density at radius 2 is 1.36 bits per heavy atom. The molecule has 0 saturated carbocycles. The van der Waals surface area contributed by atoms with Gasteiger partial charge in [0.1, 0.15) is 5.69 Å². The summed E-state index contributed by atoms with van der Waals surface area (Å²) < 4.78 is 9.10. The molecule has 0 spiro atoms. The van der Waals surface area contributed by atoms with Crippen molar-refractivity contribution in [3.63, 3.8) is 0 Å². The second-order valence-corrected chi connectivity index (χ2v) is 8.46. The number of carbonyl (C=O) groups is 2. The first kappa shape index (κ1) is 28.9. The van der Waals surface area contributed by atoms with Gasteiger partial charge in [-0.1, -0.05) is 12.1 Å². The summed E-state index contributed by atoms with van der Waals surface area (Å²) in [5.41, 5.74) is 9.56. The second kappa shape index (κ2) is 15.5. The fourth-order valence-electron chi connectivity index (χ4n) is 3.40. The van der Waals surface area contributed by atoms with Crippen LogP contribution in [-0.2, 0) is 4.79 Å². The van der Waals surface area contributed by atoms with E-state index in [4.69, 9.17) is 10.5 Å². The Morgan fingerprint density at radius 1 is 0.762 bits per heavy atom. The van der Waals surface area contributed by atoms with Crippen LogP contribution in [-0.4, -0.2) is 47.9 Å². The van der Waals surface area contributed by atoms with Crippen molar-refractivity contribution in [2.75, 3.05) is 17.7 Å². The number of nitrogens with zero attached hydrogens (tertiary/aromatic N) is 6. The average Bonchev–Trinajstić information content (AvgIpc) is 3.78. The number of imidazole rings is 2. The molecule has 0 unspecified atom stereocenters. The number of nitrogen functional groups attached to an aromatic ring is 1. The highest BCUT2D eigenvalue weighted by Crippen LogP contribution is 2.13. The van der Waals surface area contributed by atoms with Crippen molar-refractivity contribution >= 4 is 23.6 Å². The molecule has 11 nitrogen and oxygen atoms in total. The van der Waals surface area contributed by atoms with E-state index < -0.39 is 0 Å². The van der Waals surface area contributed by atoms with Gasteiger partial charge in [0.15, 0.2) is 12.9 Å². The third-order valence-corrected chi connectivity index (χ3v) is 5.45. The molecule has 0 aliphatic carbocycles. The summed E-state index contributed by atoms with van der Waals surface area (Å²) in [6, 6.07) is 25.6. The largest absolute Gasteiger partial charge is 0.468 e. The van der Waals surface area contributed by atoms with Crippen molar-refractivity contribution in [3.05, 3.63) is 140 Å². The predicted octanol–water partition coefficient (Wildman–Crippen LogP) is 4.63. The Kier molecular flexibility index (Phi) is 10.7. The maximum absolute atomic E-state index is 11.8. The van der Waals surface area contributed by atoms with Crippen molar-refractivity contribution in [3.8, 4) is 17.3 Å². The van der Waals surface area contributed by atoms with Crippen LogP contribution < -0.4 is 15.8 Å². The number of amides is 1. The number of rotatable bonds is 7. The molecule has 4 aromatic heterocycles. The molecule has 0 aliphatic rings. The standard InChI is InChI=1S/C16H14N4O2.C9H9N3.C6H5NO/c21-15(11-22-16-3-1-2-8-18-16)19-13-4-6-14(7-5-13)20-10-9-17-12-20;10-8-1-3-9(4-2-8)12-6-5-11-7-12;8-5-6-3-1-2-4-7-6/h1-10,12H,11H2,(H,19,21);1-7H,10H2;1-5H. The van der Waals surface area contributed by atoms with E-state index >= 15 is 0 Å². The molecule has 4 heterocycles. The van der Waals surface area contributed by atoms with Gasteiger partial charge in [-0.25, -0.2) is 15.0 Å². The third kappa shape index (κ3) is 9.27. The number of hydrogen-bond acceptors (Lipinski definition) is 8. The Bertz CT molecular complexity index is 1610. The fraction of sp³-hybridized carbons (Fsp3) is 0.0323. The van der Waals surface area contributed by atoms with Gasteiger partial charge in [0.05, 0.1) is 12.7 Å². The molecule has 6 aromatic rings. The van der Waals surface area contributed by atoms with Gasteiger partial charge < -0.3 is 24.9 Å². The second-order valence-electron chi connectivity index (χ2n) is 8.46. The number of pyridine rings is 2. The molecule has 42 heavy (non-hydrogen) atoms. The number of benzene rings is 2. The van der Waals surface area contributed by atoms with Crippen LogP contribution in [0.5, 0.6) is 5.88 Å². The molecule has 3 N–H and O–H groups in total. The molecule has 6 rings (SSSR count). The van der Waals surface area contributed by atoms with Crippen molar-refractivity contribution in [1.29, 1.82) is 0 Å². The Morgan fingerprint density at radius 3 is 1.83 bits per heavy atom. The zero-order valence-electron chi connectivity index (χ0n) is 22.5. The molecular weight excluding hydrogens is 532 g/mol. The summed E-state index contributed by atoms with van der Waals surface area (Å²) >= 11 is 0. The van der Waals surface area contributed by atoms with E-state index in [2.05, 4.69) is 25.3 Å². The smallest absolute Gasteiger partial charge is 0.262 e. The molecule has 0 bridgehead atoms. The lowest BCUT2D eigenvalue weighted by atomic mass is 10.2. The number of carbonyl (C=O) groups excluding carboxylic acids is 2. The van der Waals surface area contributed by atoms with Crippen LogP contribution in [0, 0.1) is 0 Å². The van der Waals surface area contributed by atoms with E-state index in [1.807, 2.05) is 70.1 Å². The topological polar surface area (TPSA) is 143 Å². The molecule has 1 amide bonds. The molecule has 0 aliphatic heterocycles. The van der Waals surface area contributed by atoms with Crippen molar-refractivity contribution in [1.82, 2.24) is 29.1 Å². The molecule has 0 radical (unpaired) electrons. The maximum Gasteiger partial charge on any atom is 0.262 e. The molecule has 11 heteroatoms. The quantitative estimate of drug-likeness (QED) is 0.212. The van der Waals surface area contributed by atoms with Crippen LogP contribution in [0.3, 0.4) is 0 Å². The summed E-state index contributed by atoms with van der Waals surface area (Å²) in [5, 5.41) is 2.77. The third-order valence-electron chi connectivity index (χ3n) is 5.45. The van der Waals surface area contributed by atoms with Crippen LogP contribution in [0.1, 0.15) is 10.5 Å². The summed E-state index contributed by atoms with van der Waals surface area (Å²) in [6.07, 6.45) is 14.6. The highest BCUT2D eigenvalue weighted by atomic mass is 16.5. The fourth-order valence-corrected chi connectivity index (χ4v) is 3.40. The number of hydrogen-bond donors (Lipinski definition) is 2. The van der Waals surface area contributed by atoms with Gasteiger partial charge in [0, 0.05) is 66.0 Å². The SMILES string of the molecule is Nc1ccc(-n2ccnc2)cc1.O=C(COc1ccccn1)Nc1ccc(-n2ccnc2)cc1.O=Cc1ccccn1. The van der Waals surface area contributed by atoms with Gasteiger partial charge in [-0.3, -0.25) is 14.6 Å². The lowest BCUT2D eigenvalue weighted by Gasteiger charge is -2.08. The van der Waals surface area contributed by atoms with E-state index in [0.717, 1.165) is 23.3 Å². The molecule has 0 fully saturated rings. The zero-order valence-corrected chi connectivity index (χ0v) is 22.5. The van der Waals surface area contributed by atoms with E-state index in [1.165, 1.54) is 0 Å². The Labute approximate surface area is 242 Å². The minimum atomic E-state index is -0.235. The number of aromatic nitrogens is 6. The van der Waals surface area contributed by atoms with Crippen molar-refractivity contribution < 1.29 is 14.3 Å². The number of aldehydes is 1. The first-order valence-electron chi connectivity index (χ1n) is 12.7. The summed E-state index contributed by atoms with van der Waals surface area (Å²) in [6.45, 7) is -0.0831. The van der Waals surface area contributed by atoms with E-state index in [0.29, 0.717) is 17.3 Å². The van der Waals surface area contributed by atoms with Crippen molar-refractivity contribution in [2.24, 2.45) is 0 Å². The van der Waals surface area contributed by atoms with Crippen LogP contribution in [0.15, 0.2) is 135 Å². The molecule has 0 atom stereocenters. The minimum absolute atomic E-state index is 0.0831. The molecule has 210 valence electrons. The van der Waals surface area contributed by atoms with Gasteiger partial charge in [-0.15, -0.1) is 0 Å². The first-order valence-corrected chi connectivity index (χ1v) is 12.7. The number of nitrogens with one attached hydrogen (secondary N) is 1. The predicted molar refractivity (Wildman–Crippen MR) is 160 cm³/mol. The van der Waals surface area contributed by atoms with Gasteiger partial charge >= 0.3 is 0 Å². The maximum atomic E-state index is 11.8. The van der Waals surface area contributed by atoms with Crippen LogP contribution in [0.25, 0.3) is 11.4 Å². The van der Waals surface area contributed by atoms with E-state index in [9.17, 15) is 9.59 Å². The van der Waals surface area contributed by atoms with E-state index in [1.54, 1.807) is 73.8 Å². The monoisotopic (exact) mass is 560 g/mol. The van der Waals surface area contributed by atoms with Crippen LogP contribution >= 0.6 is 0 Å². The number of nitrogens with two attached hydrogens (primary N) is 1. The Hall–Kier alpha value is -6.10. The van der Waals surface area contributed by atoms with Crippen LogP contribution in [0.4, 0.5) is 11.4 Å². The number of anilines is 2. The summed E-state index contributed by atoms with van der Waals surface area (Å²) in [7, 11) is 0. The lowest BCUT2D eigenvalue weighted by Crippen LogP contribution is -2.20. The highest BCUT2D eigenvalue weighted by Gasteiger charge is 2.04. The zero-order chi connectivity index (χ0) is 29.4. The summed E-state index contributed by atoms with van der Waals surface area (Å²) in [5.74, 6) is 0.189. The van der Waals surface area contributed by atoms with Gasteiger partial charge in [-0.05, 0) is 66.7 Å². The lowest BCUT2D eigenvalue weighted by molar-refractivity contribution is -0.118. The highest BCUT2D eigenvalue weighted by molar-refractivity contribution is 5.91. The molecule has 2 aromatic carbocycles. The van der Waals surface area contributed by atoms with E-state index in [-0.39, 0.29) is 12.5 Å². The molecular formula is C31H28N8O3. The minimum Gasteiger partial charge on any atom is -0.468 e. The normalized spacial score (nSPS) is 9.81. The van der Waals surface area contributed by atoms with Crippen molar-refractivity contribution in [2.45, 2.75) is 0 Å². The summed E-state index contributed by atoms with van der Waals surface area (Å²) in [4.78, 5) is 37.4. The number of ether oxygens (including phenoxy) is 1. The first-order chi connectivity index (χ1) is 20.6. The average molecular weight is 561 g/mol. The molecule has 0 saturated heterocycles. The van der Waals surface area contributed by atoms with Gasteiger partial charge in [0.25, 0.3) is 5.91 Å². The van der Waals surface area contributed by atoms with Gasteiger partial charge in [0.2, 0.25) is 5.88 Å². The Balaban J connectivity index is 0.000000168.